The summed E-state index contributed by atoms with van der Waals surface area (Å²) in [5.41, 5.74) is 7.48. The molecule has 0 saturated carbocycles. The molecular weight excluding hydrogens is 440 g/mol. The van der Waals surface area contributed by atoms with Crippen LogP contribution in [-0.4, -0.2) is 46.5 Å². The number of phenolic OH excluding ortho intramolecular Hbond substituents is 1. The Kier molecular flexibility index (Phi) is 4.82. The van der Waals surface area contributed by atoms with Crippen molar-refractivity contribution < 1.29 is 33.8 Å². The first-order valence-electron chi connectivity index (χ1n) is 10.9. The Bertz CT molecular complexity index is 1300. The van der Waals surface area contributed by atoms with Crippen molar-refractivity contribution in [1.82, 2.24) is 4.90 Å². The third kappa shape index (κ3) is 2.89. The first-order valence-corrected chi connectivity index (χ1v) is 10.9. The van der Waals surface area contributed by atoms with E-state index >= 15 is 0 Å². The average Bonchev–Trinajstić information content (AvgIpc) is 3.06. The summed E-state index contributed by atoms with van der Waals surface area (Å²) in [6.45, 7) is 1.56. The minimum absolute atomic E-state index is 0.0321. The number of carbonyl (C=O) groups is 5. The van der Waals surface area contributed by atoms with Crippen LogP contribution in [0.2, 0.25) is 0 Å². The van der Waals surface area contributed by atoms with Crippen LogP contribution in [0.4, 0.5) is 4.79 Å². The van der Waals surface area contributed by atoms with E-state index < -0.39 is 41.5 Å². The van der Waals surface area contributed by atoms with Gasteiger partial charge in [-0.2, -0.15) is 4.90 Å². The van der Waals surface area contributed by atoms with E-state index in [-0.39, 0.29) is 30.2 Å². The van der Waals surface area contributed by atoms with Crippen molar-refractivity contribution in [2.24, 2.45) is 23.5 Å². The molecule has 1 aliphatic heterocycles. The van der Waals surface area contributed by atoms with Crippen LogP contribution in [0.25, 0.3) is 0 Å². The molecule has 4 aliphatic rings. The number of phenols is 1. The molecule has 3 N–H and O–H groups in total. The number of ether oxygens (including phenoxy) is 1. The Morgan fingerprint density at radius 3 is 2.56 bits per heavy atom. The number of hydrogen-bond donors (Lipinski definition) is 2. The maximum Gasteiger partial charge on any atom is 0.328 e. The molecular formula is C25H22N2O7. The summed E-state index contributed by atoms with van der Waals surface area (Å²) < 4.78 is 5.48. The molecule has 0 bridgehead atoms. The number of aromatic hydroxyl groups is 1. The number of urea groups is 1. The Morgan fingerprint density at radius 1 is 1.15 bits per heavy atom. The maximum atomic E-state index is 13.2. The van der Waals surface area contributed by atoms with Crippen molar-refractivity contribution in [2.75, 3.05) is 7.11 Å². The molecule has 9 heteroatoms. The van der Waals surface area contributed by atoms with Gasteiger partial charge in [-0.25, -0.2) is 4.79 Å². The van der Waals surface area contributed by atoms with Crippen molar-refractivity contribution >= 4 is 29.4 Å². The van der Waals surface area contributed by atoms with E-state index in [0.717, 1.165) is 0 Å². The number of hydrogen-bond acceptors (Lipinski definition) is 7. The van der Waals surface area contributed by atoms with Crippen LogP contribution in [0, 0.1) is 17.8 Å². The first kappa shape index (κ1) is 21.8. The second kappa shape index (κ2) is 7.51. The van der Waals surface area contributed by atoms with E-state index in [1.54, 1.807) is 13.0 Å². The number of primary amides is 1. The Labute approximate surface area is 194 Å². The summed E-state index contributed by atoms with van der Waals surface area (Å²) in [6.07, 6.45) is 3.43. The molecule has 1 heterocycles. The number of benzene rings is 1. The van der Waals surface area contributed by atoms with Crippen LogP contribution in [0.3, 0.4) is 0 Å². The second-order valence-electron chi connectivity index (χ2n) is 9.01. The highest BCUT2D eigenvalue weighted by Gasteiger charge is 2.57. The van der Waals surface area contributed by atoms with Crippen molar-refractivity contribution in [2.45, 2.75) is 25.7 Å². The van der Waals surface area contributed by atoms with Gasteiger partial charge in [0.2, 0.25) is 11.8 Å². The van der Waals surface area contributed by atoms with Crippen LogP contribution in [0.1, 0.15) is 31.2 Å². The number of methoxy groups -OCH3 is 1. The fourth-order valence-corrected chi connectivity index (χ4v) is 5.89. The predicted molar refractivity (Wildman–Crippen MR) is 117 cm³/mol. The Morgan fingerprint density at radius 2 is 1.88 bits per heavy atom. The van der Waals surface area contributed by atoms with Crippen LogP contribution in [-0.2, 0) is 19.2 Å². The molecule has 0 aromatic heterocycles. The number of amides is 4. The quantitative estimate of drug-likeness (QED) is 0.388. The van der Waals surface area contributed by atoms with Gasteiger partial charge in [0.1, 0.15) is 11.5 Å². The summed E-state index contributed by atoms with van der Waals surface area (Å²) in [5, 5.41) is 9.96. The van der Waals surface area contributed by atoms with Gasteiger partial charge in [-0.15, -0.1) is 0 Å². The van der Waals surface area contributed by atoms with Crippen molar-refractivity contribution in [3.63, 3.8) is 0 Å². The molecule has 9 nitrogen and oxygen atoms in total. The fraction of sp³-hybridized carbons (Fsp3) is 0.320. The third-order valence-electron chi connectivity index (χ3n) is 7.31. The van der Waals surface area contributed by atoms with Gasteiger partial charge in [-0.1, -0.05) is 17.7 Å². The topological polar surface area (TPSA) is 144 Å². The largest absolute Gasteiger partial charge is 0.508 e. The van der Waals surface area contributed by atoms with Gasteiger partial charge in [0.25, 0.3) is 0 Å². The summed E-state index contributed by atoms with van der Waals surface area (Å²) in [7, 11) is 1.43. The van der Waals surface area contributed by atoms with Gasteiger partial charge >= 0.3 is 6.03 Å². The van der Waals surface area contributed by atoms with Gasteiger partial charge in [0, 0.05) is 34.3 Å². The predicted octanol–water partition coefficient (Wildman–Crippen LogP) is 1.91. The minimum atomic E-state index is -1.12. The van der Waals surface area contributed by atoms with Crippen LogP contribution in [0.15, 0.2) is 52.6 Å². The van der Waals surface area contributed by atoms with Crippen molar-refractivity contribution in [1.29, 1.82) is 0 Å². The lowest BCUT2D eigenvalue weighted by molar-refractivity contribution is -0.136. The number of carbonyl (C=O) groups excluding carboxylic acids is 5. The zero-order valence-corrected chi connectivity index (χ0v) is 18.5. The van der Waals surface area contributed by atoms with E-state index in [1.165, 1.54) is 25.3 Å². The lowest BCUT2D eigenvalue weighted by Crippen LogP contribution is -2.42. The smallest absolute Gasteiger partial charge is 0.328 e. The SMILES string of the molecule is COc1cc(O)ccc1C1C2=CCC3C(=O)N(C(N)=O)C(=O)C3C2CC2=C1C(=O)C=C(C)C2=O. The van der Waals surface area contributed by atoms with Gasteiger partial charge in [0.05, 0.1) is 18.9 Å². The number of Topliss-reactive ketones (excluding diaryl/α,β-unsaturated/α-hetero) is 1. The minimum Gasteiger partial charge on any atom is -0.508 e. The van der Waals surface area contributed by atoms with E-state index in [1.807, 2.05) is 6.08 Å². The molecule has 1 aromatic carbocycles. The molecule has 4 amide bonds. The molecule has 5 rings (SSSR count). The molecule has 3 aliphatic carbocycles. The zero-order chi connectivity index (χ0) is 24.5. The zero-order valence-electron chi connectivity index (χ0n) is 18.5. The maximum absolute atomic E-state index is 13.2. The van der Waals surface area contributed by atoms with Gasteiger partial charge in [-0.3, -0.25) is 19.2 Å². The Balaban J connectivity index is 1.72. The van der Waals surface area contributed by atoms with E-state index in [0.29, 0.717) is 38.5 Å². The lowest BCUT2D eigenvalue weighted by Gasteiger charge is -2.42. The summed E-state index contributed by atoms with van der Waals surface area (Å²) in [5.74, 6) is -4.55. The number of likely N-dealkylation sites (tertiary alicyclic amines) is 1. The van der Waals surface area contributed by atoms with Crippen molar-refractivity contribution in [3.05, 3.63) is 58.2 Å². The Hall–Kier alpha value is -4.01. The number of allylic oxidation sites excluding steroid dienone is 6. The fourth-order valence-electron chi connectivity index (χ4n) is 5.89. The molecule has 1 fully saturated rings. The highest BCUT2D eigenvalue weighted by atomic mass is 16.5. The van der Waals surface area contributed by atoms with E-state index in [2.05, 4.69) is 0 Å². The van der Waals surface area contributed by atoms with Crippen molar-refractivity contribution in [3.8, 4) is 11.5 Å². The molecule has 4 unspecified atom stereocenters. The number of nitrogens with zero attached hydrogens (tertiary/aromatic N) is 1. The molecule has 1 saturated heterocycles. The monoisotopic (exact) mass is 462 g/mol. The number of nitrogens with two attached hydrogens (primary N) is 1. The molecule has 0 radical (unpaired) electrons. The normalized spacial score (nSPS) is 28.2. The van der Waals surface area contributed by atoms with Gasteiger partial charge in [-0.05, 0) is 37.8 Å². The molecule has 1 aromatic rings. The van der Waals surface area contributed by atoms with Crippen LogP contribution in [0.5, 0.6) is 11.5 Å². The second-order valence-corrected chi connectivity index (χ2v) is 9.01. The lowest BCUT2D eigenvalue weighted by atomic mass is 9.59. The summed E-state index contributed by atoms with van der Waals surface area (Å²) in [6, 6.07) is 3.38. The number of imide groups is 3. The molecule has 4 atom stereocenters. The summed E-state index contributed by atoms with van der Waals surface area (Å²) in [4.78, 5) is 64.6. The van der Waals surface area contributed by atoms with Gasteiger partial charge < -0.3 is 15.6 Å². The molecule has 34 heavy (non-hydrogen) atoms. The van der Waals surface area contributed by atoms with Gasteiger partial charge in [0.15, 0.2) is 11.6 Å². The molecule has 174 valence electrons. The standard InChI is InChI=1S/C25H22N2O7/c1-10-7-17(29)21-16(22(10)30)9-15-12(19(21)13-4-3-11(28)8-18(13)34-2)5-6-14-20(15)24(32)27(23(14)31)25(26)33/h3-5,7-8,14-15,19-20,28H,6,9H2,1-2H3,(H2,26,33). The highest BCUT2D eigenvalue weighted by Crippen LogP contribution is 2.56. The first-order chi connectivity index (χ1) is 16.1. The third-order valence-corrected chi connectivity index (χ3v) is 7.31. The highest BCUT2D eigenvalue weighted by molar-refractivity contribution is 6.24. The molecule has 0 spiro atoms. The number of fused-ring (bicyclic) bond motifs is 3. The number of rotatable bonds is 2. The number of ketones is 2. The average molecular weight is 462 g/mol. The van der Waals surface area contributed by atoms with E-state index in [9.17, 15) is 29.1 Å². The van der Waals surface area contributed by atoms with Crippen LogP contribution >= 0.6 is 0 Å². The summed E-state index contributed by atoms with van der Waals surface area (Å²) >= 11 is 0. The van der Waals surface area contributed by atoms with Crippen LogP contribution < -0.4 is 10.5 Å². The van der Waals surface area contributed by atoms with E-state index in [4.69, 9.17) is 10.5 Å².